The van der Waals surface area contributed by atoms with Crippen LogP contribution in [-0.4, -0.2) is 29.0 Å². The summed E-state index contributed by atoms with van der Waals surface area (Å²) in [4.78, 5) is 7.30. The number of pyridine rings is 1. The standard InChI is InChI=1S/C26H30N2O/c1-2-20-17-28-15-13-21(20)16-25(28)26(29-18-19-8-4-3-5-9-19)23-12-14-27-24-11-7-6-10-22(23)24/h3-12,14,20-21,25-26H,2,13,15-18H2,1H3/t20-,21-,25+,26-/m0/s1. The van der Waals surface area contributed by atoms with E-state index in [1.165, 1.54) is 48.9 Å². The lowest BCUT2D eigenvalue weighted by atomic mass is 9.72. The molecule has 1 unspecified atom stereocenters. The molecule has 6 rings (SSSR count). The van der Waals surface area contributed by atoms with E-state index in [9.17, 15) is 0 Å². The Balaban J connectivity index is 1.49. The maximum atomic E-state index is 6.71. The van der Waals surface area contributed by atoms with Gasteiger partial charge in [-0.25, -0.2) is 0 Å². The molecule has 5 atom stereocenters. The van der Waals surface area contributed by atoms with Gasteiger partial charge in [0.1, 0.15) is 0 Å². The zero-order valence-electron chi connectivity index (χ0n) is 17.2. The van der Waals surface area contributed by atoms with Crippen LogP contribution in [0.1, 0.15) is 43.4 Å². The van der Waals surface area contributed by atoms with Crippen LogP contribution in [0.25, 0.3) is 10.9 Å². The van der Waals surface area contributed by atoms with Gasteiger partial charge in [0.25, 0.3) is 0 Å². The summed E-state index contributed by atoms with van der Waals surface area (Å²) in [6.07, 6.45) is 5.90. The van der Waals surface area contributed by atoms with Crippen LogP contribution in [0.2, 0.25) is 0 Å². The smallest absolute Gasteiger partial charge is 0.0991 e. The Morgan fingerprint density at radius 3 is 2.69 bits per heavy atom. The number of hydrogen-bond donors (Lipinski definition) is 0. The third-order valence-electron chi connectivity index (χ3n) is 7.07. The minimum absolute atomic E-state index is 0.0729. The molecule has 1 aromatic heterocycles. The van der Waals surface area contributed by atoms with E-state index in [1.54, 1.807) is 0 Å². The van der Waals surface area contributed by atoms with Crippen molar-refractivity contribution >= 4 is 10.9 Å². The van der Waals surface area contributed by atoms with Gasteiger partial charge in [-0.05, 0) is 54.5 Å². The Hall–Kier alpha value is -2.23. The lowest BCUT2D eigenvalue weighted by Crippen LogP contribution is -2.55. The third kappa shape index (κ3) is 3.70. The molecule has 3 heteroatoms. The van der Waals surface area contributed by atoms with E-state index in [4.69, 9.17) is 4.74 Å². The highest BCUT2D eigenvalue weighted by molar-refractivity contribution is 5.82. The van der Waals surface area contributed by atoms with E-state index >= 15 is 0 Å². The van der Waals surface area contributed by atoms with E-state index in [0.717, 1.165) is 17.4 Å². The van der Waals surface area contributed by atoms with Crippen molar-refractivity contribution in [1.29, 1.82) is 0 Å². The fourth-order valence-electron chi connectivity index (χ4n) is 5.49. The number of benzene rings is 2. The number of rotatable bonds is 6. The van der Waals surface area contributed by atoms with Gasteiger partial charge < -0.3 is 4.74 Å². The largest absolute Gasteiger partial charge is 0.367 e. The van der Waals surface area contributed by atoms with Gasteiger partial charge in [0.05, 0.1) is 18.2 Å². The Labute approximate surface area is 173 Å². The van der Waals surface area contributed by atoms with Crippen LogP contribution in [0.3, 0.4) is 0 Å². The van der Waals surface area contributed by atoms with Crippen LogP contribution in [0, 0.1) is 11.8 Å². The molecule has 0 amide bonds. The molecule has 0 aliphatic carbocycles. The predicted molar refractivity (Wildman–Crippen MR) is 118 cm³/mol. The first-order valence-corrected chi connectivity index (χ1v) is 11.1. The average Bonchev–Trinajstić information content (AvgIpc) is 2.80. The summed E-state index contributed by atoms with van der Waals surface area (Å²) in [5, 5.41) is 1.22. The Morgan fingerprint density at radius 1 is 1.07 bits per heavy atom. The second-order valence-corrected chi connectivity index (χ2v) is 8.65. The Morgan fingerprint density at radius 2 is 1.90 bits per heavy atom. The van der Waals surface area contributed by atoms with Gasteiger partial charge >= 0.3 is 0 Å². The molecule has 3 nitrogen and oxygen atoms in total. The minimum atomic E-state index is 0.0729. The van der Waals surface area contributed by atoms with Gasteiger partial charge in [0, 0.05) is 24.2 Å². The third-order valence-corrected chi connectivity index (χ3v) is 7.07. The Bertz CT molecular complexity index is 952. The first-order chi connectivity index (χ1) is 14.3. The van der Waals surface area contributed by atoms with Gasteiger partial charge in [0.2, 0.25) is 0 Å². The predicted octanol–water partition coefficient (Wildman–Crippen LogP) is 5.61. The zero-order chi connectivity index (χ0) is 19.6. The van der Waals surface area contributed by atoms with Crippen molar-refractivity contribution in [2.45, 2.75) is 44.9 Å². The number of hydrogen-bond acceptors (Lipinski definition) is 3. The first-order valence-electron chi connectivity index (χ1n) is 11.1. The number of aromatic nitrogens is 1. The minimum Gasteiger partial charge on any atom is -0.367 e. The lowest BCUT2D eigenvalue weighted by Gasteiger charge is -2.52. The molecule has 3 fully saturated rings. The van der Waals surface area contributed by atoms with Crippen molar-refractivity contribution in [3.63, 3.8) is 0 Å². The fourth-order valence-corrected chi connectivity index (χ4v) is 5.49. The van der Waals surface area contributed by atoms with Gasteiger partial charge in [-0.3, -0.25) is 9.88 Å². The molecule has 3 aromatic rings. The summed E-state index contributed by atoms with van der Waals surface area (Å²) in [6.45, 7) is 5.43. The van der Waals surface area contributed by atoms with Crippen molar-refractivity contribution in [2.24, 2.45) is 11.8 Å². The molecule has 2 aromatic carbocycles. The average molecular weight is 387 g/mol. The molecule has 3 aliphatic heterocycles. The van der Waals surface area contributed by atoms with E-state index < -0.39 is 0 Å². The van der Waals surface area contributed by atoms with Gasteiger partial charge in [-0.2, -0.15) is 0 Å². The van der Waals surface area contributed by atoms with Crippen LogP contribution in [0.5, 0.6) is 0 Å². The number of nitrogens with zero attached hydrogens (tertiary/aromatic N) is 2. The second kappa shape index (κ2) is 8.25. The molecule has 3 saturated heterocycles. The molecule has 29 heavy (non-hydrogen) atoms. The topological polar surface area (TPSA) is 25.4 Å². The quantitative estimate of drug-likeness (QED) is 0.550. The monoisotopic (exact) mass is 386 g/mol. The van der Waals surface area contributed by atoms with Crippen LogP contribution < -0.4 is 0 Å². The highest BCUT2D eigenvalue weighted by Crippen LogP contribution is 2.44. The van der Waals surface area contributed by atoms with Gasteiger partial charge in [-0.15, -0.1) is 0 Å². The molecular formula is C26H30N2O. The van der Waals surface area contributed by atoms with E-state index in [1.807, 2.05) is 6.20 Å². The highest BCUT2D eigenvalue weighted by atomic mass is 16.5. The summed E-state index contributed by atoms with van der Waals surface area (Å²) < 4.78 is 6.71. The molecular weight excluding hydrogens is 356 g/mol. The zero-order valence-corrected chi connectivity index (χ0v) is 17.2. The molecule has 0 N–H and O–H groups in total. The maximum Gasteiger partial charge on any atom is 0.0991 e. The van der Waals surface area contributed by atoms with Crippen LogP contribution >= 0.6 is 0 Å². The molecule has 150 valence electrons. The second-order valence-electron chi connectivity index (χ2n) is 8.65. The molecule has 2 bridgehead atoms. The summed E-state index contributed by atoms with van der Waals surface area (Å²) in [7, 11) is 0. The van der Waals surface area contributed by atoms with Crippen molar-refractivity contribution < 1.29 is 4.74 Å². The number of fused-ring (bicyclic) bond motifs is 4. The normalized spacial score (nSPS) is 27.2. The number of piperidine rings is 3. The van der Waals surface area contributed by atoms with E-state index in [2.05, 4.69) is 77.5 Å². The van der Waals surface area contributed by atoms with E-state index in [-0.39, 0.29) is 6.10 Å². The first kappa shape index (κ1) is 18.8. The molecule has 0 saturated carbocycles. The number of para-hydroxylation sites is 1. The summed E-state index contributed by atoms with van der Waals surface area (Å²) in [6, 6.07) is 21.7. The SMILES string of the molecule is CC[C@H]1CN2CC[C@H]1C[C@@H]2[C@@H](OCc1ccccc1)c1ccnc2ccccc12. The van der Waals surface area contributed by atoms with Crippen LogP contribution in [0.4, 0.5) is 0 Å². The molecule has 3 aliphatic rings. The van der Waals surface area contributed by atoms with Crippen molar-refractivity contribution in [2.75, 3.05) is 13.1 Å². The fraction of sp³-hybridized carbons (Fsp3) is 0.423. The van der Waals surface area contributed by atoms with Gasteiger partial charge in [-0.1, -0.05) is 61.9 Å². The molecule has 4 heterocycles. The van der Waals surface area contributed by atoms with Crippen LogP contribution in [-0.2, 0) is 11.3 Å². The lowest BCUT2D eigenvalue weighted by molar-refractivity contribution is -0.0879. The Kier molecular flexibility index (Phi) is 5.34. The summed E-state index contributed by atoms with van der Waals surface area (Å²) in [5.41, 5.74) is 3.58. The van der Waals surface area contributed by atoms with Gasteiger partial charge in [0.15, 0.2) is 0 Å². The molecule has 0 spiro atoms. The van der Waals surface area contributed by atoms with E-state index in [0.29, 0.717) is 12.6 Å². The summed E-state index contributed by atoms with van der Waals surface area (Å²) in [5.74, 6) is 1.69. The van der Waals surface area contributed by atoms with Crippen molar-refractivity contribution in [1.82, 2.24) is 9.88 Å². The number of ether oxygens (including phenoxy) is 1. The van der Waals surface area contributed by atoms with Crippen LogP contribution in [0.15, 0.2) is 66.9 Å². The van der Waals surface area contributed by atoms with Crippen molar-refractivity contribution in [3.05, 3.63) is 78.0 Å². The maximum absolute atomic E-state index is 6.71. The molecule has 0 radical (unpaired) electrons. The van der Waals surface area contributed by atoms with Crippen molar-refractivity contribution in [3.8, 4) is 0 Å². The highest BCUT2D eigenvalue weighted by Gasteiger charge is 2.43. The summed E-state index contributed by atoms with van der Waals surface area (Å²) >= 11 is 0.